The van der Waals surface area contributed by atoms with Crippen molar-refractivity contribution in [1.82, 2.24) is 15.1 Å². The molecule has 0 spiro atoms. The van der Waals surface area contributed by atoms with Crippen LogP contribution < -0.4 is 5.32 Å². The summed E-state index contributed by atoms with van der Waals surface area (Å²) in [7, 11) is 0. The number of amides is 1. The molecule has 2 aromatic carbocycles. The first-order valence-corrected chi connectivity index (χ1v) is 10.3. The highest BCUT2D eigenvalue weighted by molar-refractivity contribution is 5.78. The van der Waals surface area contributed by atoms with Crippen LogP contribution in [0.25, 0.3) is 0 Å². The summed E-state index contributed by atoms with van der Waals surface area (Å²) in [5.41, 5.74) is 3.07. The predicted octanol–water partition coefficient (Wildman–Crippen LogP) is 2.60. The lowest BCUT2D eigenvalue weighted by atomic mass is 10.0. The molecular weight excluding hydrogens is 362 g/mol. The number of carbonyl (C=O) groups excluding carboxylic acids is 1. The van der Waals surface area contributed by atoms with Crippen molar-refractivity contribution in [2.75, 3.05) is 39.3 Å². The number of carbonyl (C=O) groups is 1. The SMILES string of the molecule is C=CCc1cccc(CCNC(=O)CN2CCN(Cc3ccccc3)CC2)c1O. The van der Waals surface area contributed by atoms with Crippen LogP contribution in [0.2, 0.25) is 0 Å². The number of hydrogen-bond acceptors (Lipinski definition) is 4. The van der Waals surface area contributed by atoms with Crippen LogP contribution in [0.3, 0.4) is 0 Å². The number of para-hydroxylation sites is 1. The molecule has 1 saturated heterocycles. The third-order valence-electron chi connectivity index (χ3n) is 5.37. The lowest BCUT2D eigenvalue weighted by Gasteiger charge is -2.34. The summed E-state index contributed by atoms with van der Waals surface area (Å²) in [6.45, 7) is 9.41. The number of benzene rings is 2. The molecule has 0 saturated carbocycles. The van der Waals surface area contributed by atoms with Crippen molar-refractivity contribution in [2.24, 2.45) is 0 Å². The van der Waals surface area contributed by atoms with Gasteiger partial charge in [0, 0.05) is 39.3 Å². The maximum atomic E-state index is 12.3. The first kappa shape index (κ1) is 21.1. The maximum Gasteiger partial charge on any atom is 0.234 e. The molecule has 0 unspecified atom stereocenters. The van der Waals surface area contributed by atoms with Crippen molar-refractivity contribution in [3.05, 3.63) is 77.9 Å². The molecule has 0 atom stereocenters. The van der Waals surface area contributed by atoms with E-state index in [1.807, 2.05) is 24.3 Å². The average Bonchev–Trinajstić information content (AvgIpc) is 2.73. The van der Waals surface area contributed by atoms with Crippen LogP contribution in [0.15, 0.2) is 61.2 Å². The monoisotopic (exact) mass is 393 g/mol. The molecule has 1 aliphatic rings. The van der Waals surface area contributed by atoms with Crippen molar-refractivity contribution < 1.29 is 9.90 Å². The van der Waals surface area contributed by atoms with Crippen molar-refractivity contribution >= 4 is 5.91 Å². The van der Waals surface area contributed by atoms with Gasteiger partial charge in [0.2, 0.25) is 5.91 Å². The number of aromatic hydroxyl groups is 1. The van der Waals surface area contributed by atoms with Crippen molar-refractivity contribution in [3.8, 4) is 5.75 Å². The Hall–Kier alpha value is -2.63. The van der Waals surface area contributed by atoms with Gasteiger partial charge in [-0.25, -0.2) is 0 Å². The highest BCUT2D eigenvalue weighted by atomic mass is 16.3. The minimum atomic E-state index is 0.0447. The van der Waals surface area contributed by atoms with Gasteiger partial charge in [0.25, 0.3) is 0 Å². The minimum absolute atomic E-state index is 0.0447. The Balaban J connectivity index is 1.36. The fraction of sp³-hybridized carbons (Fsp3) is 0.375. The average molecular weight is 394 g/mol. The second kappa shape index (κ2) is 10.8. The van der Waals surface area contributed by atoms with Crippen molar-refractivity contribution in [2.45, 2.75) is 19.4 Å². The highest BCUT2D eigenvalue weighted by Gasteiger charge is 2.19. The molecule has 0 aromatic heterocycles. The fourth-order valence-electron chi connectivity index (χ4n) is 3.71. The number of rotatable bonds is 9. The number of phenols is 1. The third-order valence-corrected chi connectivity index (χ3v) is 5.37. The second-order valence-corrected chi connectivity index (χ2v) is 7.56. The van der Waals surface area contributed by atoms with E-state index in [1.54, 1.807) is 6.08 Å². The van der Waals surface area contributed by atoms with Crippen LogP contribution in [0.5, 0.6) is 5.75 Å². The molecule has 1 fully saturated rings. The number of nitrogens with one attached hydrogen (secondary N) is 1. The molecule has 29 heavy (non-hydrogen) atoms. The Kier molecular flexibility index (Phi) is 7.85. The Labute approximate surface area is 173 Å². The van der Waals surface area contributed by atoms with E-state index < -0.39 is 0 Å². The fourth-order valence-corrected chi connectivity index (χ4v) is 3.71. The molecule has 1 amide bonds. The number of allylic oxidation sites excluding steroid dienone is 1. The Morgan fingerprint density at radius 2 is 1.69 bits per heavy atom. The zero-order valence-electron chi connectivity index (χ0n) is 17.0. The highest BCUT2D eigenvalue weighted by Crippen LogP contribution is 2.23. The van der Waals surface area contributed by atoms with Gasteiger partial charge in [-0.05, 0) is 29.5 Å². The minimum Gasteiger partial charge on any atom is -0.507 e. The molecule has 2 aromatic rings. The van der Waals surface area contributed by atoms with E-state index in [1.165, 1.54) is 5.56 Å². The molecule has 1 heterocycles. The van der Waals surface area contributed by atoms with E-state index in [0.29, 0.717) is 31.7 Å². The van der Waals surface area contributed by atoms with E-state index in [4.69, 9.17) is 0 Å². The first-order valence-electron chi connectivity index (χ1n) is 10.3. The van der Waals surface area contributed by atoms with E-state index in [9.17, 15) is 9.90 Å². The summed E-state index contributed by atoms with van der Waals surface area (Å²) >= 11 is 0. The summed E-state index contributed by atoms with van der Waals surface area (Å²) in [5.74, 6) is 0.361. The van der Waals surface area contributed by atoms with Gasteiger partial charge in [-0.3, -0.25) is 14.6 Å². The van der Waals surface area contributed by atoms with E-state index in [2.05, 4.69) is 46.0 Å². The Morgan fingerprint density at radius 3 is 2.41 bits per heavy atom. The van der Waals surface area contributed by atoms with Crippen molar-refractivity contribution in [1.29, 1.82) is 0 Å². The molecular formula is C24H31N3O2. The summed E-state index contributed by atoms with van der Waals surface area (Å²) in [4.78, 5) is 16.9. The van der Waals surface area contributed by atoms with Gasteiger partial charge in [0.05, 0.1) is 6.54 Å². The smallest absolute Gasteiger partial charge is 0.234 e. The van der Waals surface area contributed by atoms with Gasteiger partial charge in [-0.2, -0.15) is 0 Å². The Morgan fingerprint density at radius 1 is 1.00 bits per heavy atom. The molecule has 1 aliphatic heterocycles. The Bertz CT molecular complexity index is 799. The van der Waals surface area contributed by atoms with E-state index >= 15 is 0 Å². The predicted molar refractivity (Wildman–Crippen MR) is 117 cm³/mol. The quantitative estimate of drug-likeness (QED) is 0.643. The summed E-state index contributed by atoms with van der Waals surface area (Å²) in [6, 6.07) is 16.2. The van der Waals surface area contributed by atoms with Crippen LogP contribution in [0.1, 0.15) is 16.7 Å². The van der Waals surface area contributed by atoms with Gasteiger partial charge in [0.15, 0.2) is 0 Å². The number of nitrogens with zero attached hydrogens (tertiary/aromatic N) is 2. The largest absolute Gasteiger partial charge is 0.507 e. The van der Waals surface area contributed by atoms with E-state index in [0.717, 1.165) is 43.9 Å². The normalized spacial score (nSPS) is 15.2. The summed E-state index contributed by atoms with van der Waals surface area (Å²) in [6.07, 6.45) is 3.04. The van der Waals surface area contributed by atoms with Gasteiger partial charge in [-0.15, -0.1) is 6.58 Å². The molecule has 3 rings (SSSR count). The molecule has 0 bridgehead atoms. The molecule has 5 heteroatoms. The molecule has 0 aliphatic carbocycles. The summed E-state index contributed by atoms with van der Waals surface area (Å²) < 4.78 is 0. The van der Waals surface area contributed by atoms with Gasteiger partial charge in [0.1, 0.15) is 5.75 Å². The number of phenolic OH excluding ortho intramolecular Hbond substituents is 1. The number of piperazine rings is 1. The standard InChI is InChI=1S/C24H31N3O2/c1-2-7-21-10-6-11-22(24(21)29)12-13-25-23(28)19-27-16-14-26(15-17-27)18-20-8-4-3-5-9-20/h2-6,8-11,29H,1,7,12-19H2,(H,25,28). The van der Waals surface area contributed by atoms with Gasteiger partial charge in [-0.1, -0.05) is 54.6 Å². The lowest BCUT2D eigenvalue weighted by Crippen LogP contribution is -2.49. The number of hydrogen-bond donors (Lipinski definition) is 2. The topological polar surface area (TPSA) is 55.8 Å². The lowest BCUT2D eigenvalue weighted by molar-refractivity contribution is -0.122. The van der Waals surface area contributed by atoms with Crippen LogP contribution >= 0.6 is 0 Å². The first-order chi connectivity index (χ1) is 14.2. The zero-order valence-corrected chi connectivity index (χ0v) is 17.0. The van der Waals surface area contributed by atoms with Crippen LogP contribution in [0.4, 0.5) is 0 Å². The van der Waals surface area contributed by atoms with Crippen molar-refractivity contribution in [3.63, 3.8) is 0 Å². The second-order valence-electron chi connectivity index (χ2n) is 7.56. The molecule has 154 valence electrons. The summed E-state index contributed by atoms with van der Waals surface area (Å²) in [5, 5.41) is 13.3. The van der Waals surface area contributed by atoms with Gasteiger partial charge >= 0.3 is 0 Å². The van der Waals surface area contributed by atoms with Crippen LogP contribution in [-0.4, -0.2) is 60.1 Å². The van der Waals surface area contributed by atoms with Gasteiger partial charge < -0.3 is 10.4 Å². The molecule has 0 radical (unpaired) electrons. The van der Waals surface area contributed by atoms with Crippen LogP contribution in [-0.2, 0) is 24.2 Å². The zero-order chi connectivity index (χ0) is 20.5. The van der Waals surface area contributed by atoms with E-state index in [-0.39, 0.29) is 5.91 Å². The van der Waals surface area contributed by atoms with Crippen LogP contribution in [0, 0.1) is 0 Å². The molecule has 2 N–H and O–H groups in total. The maximum absolute atomic E-state index is 12.3. The molecule has 5 nitrogen and oxygen atoms in total. The third kappa shape index (κ3) is 6.44.